The molecule has 0 radical (unpaired) electrons. The van der Waals surface area contributed by atoms with Crippen LogP contribution in [0.5, 0.6) is 0 Å². The predicted molar refractivity (Wildman–Crippen MR) is 80.7 cm³/mol. The van der Waals surface area contributed by atoms with Gasteiger partial charge in [0.15, 0.2) is 0 Å². The summed E-state index contributed by atoms with van der Waals surface area (Å²) in [7, 11) is 0. The van der Waals surface area contributed by atoms with Crippen LogP contribution in [0, 0.1) is 0 Å². The Labute approximate surface area is 123 Å². The van der Waals surface area contributed by atoms with E-state index in [4.69, 9.17) is 16.3 Å². The van der Waals surface area contributed by atoms with Gasteiger partial charge in [0.05, 0.1) is 0 Å². The Morgan fingerprint density at radius 1 is 0.737 bits per heavy atom. The Hall–Kier alpha value is -1.47. The second-order valence-corrected chi connectivity index (χ2v) is 6.07. The second-order valence-electron chi connectivity index (χ2n) is 4.08. The van der Waals surface area contributed by atoms with E-state index in [9.17, 15) is 0 Å². The number of hydrogen-bond donors (Lipinski definition) is 0. The monoisotopic (exact) mass is 334 g/mol. The fourth-order valence-corrected chi connectivity index (χ4v) is 3.35. The number of halogens is 1. The molecule has 19 heavy (non-hydrogen) atoms. The number of hydrogen-bond acceptors (Lipinski definition) is 1. The van der Waals surface area contributed by atoms with Gasteiger partial charge in [-0.3, -0.25) is 0 Å². The van der Waals surface area contributed by atoms with Crippen molar-refractivity contribution in [2.75, 3.05) is 0 Å². The standard InChI is InChI=1S/C16H11ClOSe/c17-14-8-6-13(7-9-14)16-11-19-10-15(18-16)12-4-2-1-3-5-12/h1-11H. The molecule has 0 saturated carbocycles. The quantitative estimate of drug-likeness (QED) is 0.742. The average molecular weight is 334 g/mol. The summed E-state index contributed by atoms with van der Waals surface area (Å²) in [6, 6.07) is 17.9. The van der Waals surface area contributed by atoms with Gasteiger partial charge in [-0.05, 0) is 0 Å². The van der Waals surface area contributed by atoms with Crippen molar-refractivity contribution in [1.82, 2.24) is 0 Å². The summed E-state index contributed by atoms with van der Waals surface area (Å²) in [5, 5.41) is 0.740. The third-order valence-electron chi connectivity index (χ3n) is 2.76. The predicted octanol–water partition coefficient (Wildman–Crippen LogP) is 4.37. The molecule has 1 aliphatic heterocycles. The Balaban J connectivity index is 1.84. The molecule has 2 aromatic rings. The van der Waals surface area contributed by atoms with Crippen LogP contribution in [0.1, 0.15) is 11.1 Å². The first-order valence-corrected chi connectivity index (χ1v) is 8.23. The van der Waals surface area contributed by atoms with Gasteiger partial charge in [-0.2, -0.15) is 0 Å². The number of benzene rings is 2. The van der Waals surface area contributed by atoms with E-state index in [-0.39, 0.29) is 0 Å². The van der Waals surface area contributed by atoms with Crippen molar-refractivity contribution in [2.24, 2.45) is 0 Å². The van der Waals surface area contributed by atoms with E-state index in [0.717, 1.165) is 27.7 Å². The fourth-order valence-electron chi connectivity index (χ4n) is 1.79. The fraction of sp³-hybridized carbons (Fsp3) is 0. The van der Waals surface area contributed by atoms with Crippen LogP contribution < -0.4 is 0 Å². The topological polar surface area (TPSA) is 9.23 Å². The van der Waals surface area contributed by atoms with Gasteiger partial charge in [0.2, 0.25) is 0 Å². The molecule has 0 unspecified atom stereocenters. The van der Waals surface area contributed by atoms with Gasteiger partial charge >= 0.3 is 124 Å². The van der Waals surface area contributed by atoms with E-state index in [1.165, 1.54) is 0 Å². The SMILES string of the molecule is Clc1ccc(C2=C[Se]C=C(c3ccccc3)O2)cc1. The minimum absolute atomic E-state index is 0.318. The van der Waals surface area contributed by atoms with E-state index < -0.39 is 0 Å². The zero-order valence-electron chi connectivity index (χ0n) is 10.0. The Morgan fingerprint density at radius 3 is 1.95 bits per heavy atom. The molecular formula is C16H11ClOSe. The summed E-state index contributed by atoms with van der Waals surface area (Å²) in [6.45, 7) is 0. The Bertz CT molecular complexity index is 630. The molecule has 3 rings (SSSR count). The van der Waals surface area contributed by atoms with Crippen molar-refractivity contribution in [3.8, 4) is 0 Å². The van der Waals surface area contributed by atoms with Crippen LogP contribution in [0.3, 0.4) is 0 Å². The summed E-state index contributed by atoms with van der Waals surface area (Å²) in [6.07, 6.45) is 0. The van der Waals surface area contributed by atoms with E-state index in [1.54, 1.807) is 0 Å². The summed E-state index contributed by atoms with van der Waals surface area (Å²) >= 11 is 6.23. The first kappa shape index (κ1) is 12.6. The first-order chi connectivity index (χ1) is 9.33. The van der Waals surface area contributed by atoms with Gasteiger partial charge in [0.1, 0.15) is 0 Å². The van der Waals surface area contributed by atoms with Gasteiger partial charge in [-0.1, -0.05) is 0 Å². The molecule has 0 saturated heterocycles. The molecule has 0 amide bonds. The molecule has 0 atom stereocenters. The van der Waals surface area contributed by atoms with Crippen molar-refractivity contribution in [3.63, 3.8) is 0 Å². The zero-order chi connectivity index (χ0) is 13.1. The van der Waals surface area contributed by atoms with E-state index in [0.29, 0.717) is 15.0 Å². The van der Waals surface area contributed by atoms with Gasteiger partial charge in [-0.25, -0.2) is 0 Å². The molecule has 0 bridgehead atoms. The molecule has 0 spiro atoms. The normalized spacial score (nSPS) is 14.4. The van der Waals surface area contributed by atoms with Crippen LogP contribution in [0.15, 0.2) is 64.5 Å². The Kier molecular flexibility index (Phi) is 3.74. The summed E-state index contributed by atoms with van der Waals surface area (Å²) in [5.41, 5.74) is 2.18. The minimum atomic E-state index is 0.318. The second kappa shape index (κ2) is 5.66. The van der Waals surface area contributed by atoms with E-state index >= 15 is 0 Å². The number of ether oxygens (including phenoxy) is 1. The molecule has 0 N–H and O–H groups in total. The maximum atomic E-state index is 5.99. The van der Waals surface area contributed by atoms with Gasteiger partial charge in [0, 0.05) is 0 Å². The molecular weight excluding hydrogens is 323 g/mol. The van der Waals surface area contributed by atoms with Crippen molar-refractivity contribution in [2.45, 2.75) is 0 Å². The van der Waals surface area contributed by atoms with Crippen molar-refractivity contribution < 1.29 is 4.74 Å². The summed E-state index contributed by atoms with van der Waals surface area (Å²) in [5.74, 6) is 1.85. The number of rotatable bonds is 2. The third kappa shape index (κ3) is 2.93. The first-order valence-electron chi connectivity index (χ1n) is 5.88. The molecule has 1 heterocycles. The maximum absolute atomic E-state index is 5.99. The van der Waals surface area contributed by atoms with Gasteiger partial charge < -0.3 is 0 Å². The van der Waals surface area contributed by atoms with Gasteiger partial charge in [-0.15, -0.1) is 0 Å². The van der Waals surface area contributed by atoms with Crippen molar-refractivity contribution in [3.05, 3.63) is 80.7 Å². The van der Waals surface area contributed by atoms with Crippen molar-refractivity contribution >= 4 is 38.1 Å². The van der Waals surface area contributed by atoms with Crippen LogP contribution in [0.4, 0.5) is 0 Å². The van der Waals surface area contributed by atoms with Crippen LogP contribution in [0.2, 0.25) is 5.02 Å². The van der Waals surface area contributed by atoms with Crippen LogP contribution in [-0.2, 0) is 4.74 Å². The average Bonchev–Trinajstić information content (AvgIpc) is 2.49. The Morgan fingerprint density at radius 2 is 1.32 bits per heavy atom. The molecule has 1 aliphatic rings. The van der Waals surface area contributed by atoms with Gasteiger partial charge in [0.25, 0.3) is 0 Å². The van der Waals surface area contributed by atoms with Crippen LogP contribution in [-0.4, -0.2) is 15.0 Å². The molecule has 0 aromatic heterocycles. The van der Waals surface area contributed by atoms with Crippen LogP contribution >= 0.6 is 11.6 Å². The molecule has 2 aromatic carbocycles. The van der Waals surface area contributed by atoms with Crippen LogP contribution in [0.25, 0.3) is 11.5 Å². The van der Waals surface area contributed by atoms with E-state index in [1.807, 2.05) is 42.5 Å². The molecule has 3 heteroatoms. The molecule has 1 nitrogen and oxygen atoms in total. The van der Waals surface area contributed by atoms with Crippen molar-refractivity contribution in [1.29, 1.82) is 0 Å². The summed E-state index contributed by atoms with van der Waals surface area (Å²) < 4.78 is 5.99. The molecule has 94 valence electrons. The third-order valence-corrected chi connectivity index (χ3v) is 4.48. The zero-order valence-corrected chi connectivity index (χ0v) is 12.5. The summed E-state index contributed by atoms with van der Waals surface area (Å²) in [4.78, 5) is 4.30. The molecule has 0 aliphatic carbocycles. The van der Waals surface area contributed by atoms with E-state index in [2.05, 4.69) is 22.1 Å². The molecule has 0 fully saturated rings.